The zero-order chi connectivity index (χ0) is 18.7. The van der Waals surface area contributed by atoms with Crippen LogP contribution >= 0.6 is 0 Å². The molecule has 138 valence electrons. The van der Waals surface area contributed by atoms with Crippen LogP contribution < -0.4 is 5.32 Å². The lowest BCUT2D eigenvalue weighted by molar-refractivity contribution is 0.0741. The first kappa shape index (κ1) is 18.2. The molecule has 0 aromatic carbocycles. The van der Waals surface area contributed by atoms with Crippen molar-refractivity contribution in [1.82, 2.24) is 19.9 Å². The van der Waals surface area contributed by atoms with Crippen molar-refractivity contribution in [2.45, 2.75) is 25.9 Å². The van der Waals surface area contributed by atoms with E-state index in [1.54, 1.807) is 32.4 Å². The van der Waals surface area contributed by atoms with E-state index in [0.717, 1.165) is 5.56 Å². The Morgan fingerprint density at radius 1 is 1.38 bits per heavy atom. The second-order valence-electron chi connectivity index (χ2n) is 6.37. The fraction of sp³-hybridized carbons (Fsp3) is 0.412. The molecule has 26 heavy (non-hydrogen) atoms. The van der Waals surface area contributed by atoms with Gasteiger partial charge < -0.3 is 10.2 Å². The number of aryl methyl sites for hydroxylation is 1. The number of sulfone groups is 1. The summed E-state index contributed by atoms with van der Waals surface area (Å²) in [5.74, 6) is 0.831. The molecule has 0 aliphatic carbocycles. The van der Waals surface area contributed by atoms with Crippen molar-refractivity contribution in [2.75, 3.05) is 23.9 Å². The number of aromatic nitrogens is 3. The number of carbonyl (C=O) groups excluding carboxylic acids is 1. The molecule has 3 heterocycles. The van der Waals surface area contributed by atoms with E-state index < -0.39 is 9.84 Å². The molecule has 3 rings (SSSR count). The predicted molar refractivity (Wildman–Crippen MR) is 97.5 cm³/mol. The van der Waals surface area contributed by atoms with Crippen LogP contribution in [-0.4, -0.2) is 58.8 Å². The first-order valence-corrected chi connectivity index (χ1v) is 10.1. The molecule has 1 amide bonds. The first-order valence-electron chi connectivity index (χ1n) is 8.30. The number of anilines is 1. The zero-order valence-electron chi connectivity index (χ0n) is 14.7. The van der Waals surface area contributed by atoms with E-state index in [9.17, 15) is 13.2 Å². The maximum atomic E-state index is 12.7. The lowest BCUT2D eigenvalue weighted by Crippen LogP contribution is -2.38. The number of nitrogens with zero attached hydrogens (tertiary/aromatic N) is 4. The van der Waals surface area contributed by atoms with Gasteiger partial charge >= 0.3 is 0 Å². The van der Waals surface area contributed by atoms with Crippen LogP contribution in [0, 0.1) is 6.92 Å². The number of rotatable bonds is 5. The third-order valence-corrected chi connectivity index (χ3v) is 6.08. The van der Waals surface area contributed by atoms with Crippen LogP contribution in [0.4, 0.5) is 5.82 Å². The van der Waals surface area contributed by atoms with Crippen molar-refractivity contribution in [1.29, 1.82) is 0 Å². The van der Waals surface area contributed by atoms with Crippen molar-refractivity contribution in [2.24, 2.45) is 0 Å². The van der Waals surface area contributed by atoms with Crippen molar-refractivity contribution < 1.29 is 13.2 Å². The fourth-order valence-electron chi connectivity index (χ4n) is 2.89. The second kappa shape index (κ2) is 7.36. The van der Waals surface area contributed by atoms with Crippen LogP contribution in [0.15, 0.2) is 30.6 Å². The molecular weight excluding hydrogens is 354 g/mol. The number of carbonyl (C=O) groups is 1. The van der Waals surface area contributed by atoms with Crippen molar-refractivity contribution in [3.8, 4) is 0 Å². The Hall–Kier alpha value is -2.55. The number of hydrogen-bond acceptors (Lipinski definition) is 7. The molecule has 0 spiro atoms. The number of pyridine rings is 1. The minimum Gasteiger partial charge on any atom is -0.366 e. The van der Waals surface area contributed by atoms with Gasteiger partial charge in [0.25, 0.3) is 5.91 Å². The fourth-order valence-corrected chi connectivity index (χ4v) is 4.66. The molecule has 1 atom stereocenters. The second-order valence-corrected chi connectivity index (χ2v) is 8.60. The molecule has 8 nitrogen and oxygen atoms in total. The van der Waals surface area contributed by atoms with E-state index in [4.69, 9.17) is 0 Å². The maximum Gasteiger partial charge on any atom is 0.272 e. The Bertz CT molecular complexity index is 902. The monoisotopic (exact) mass is 375 g/mol. The van der Waals surface area contributed by atoms with E-state index in [1.807, 2.05) is 12.1 Å². The van der Waals surface area contributed by atoms with Crippen LogP contribution in [0.2, 0.25) is 0 Å². The maximum absolute atomic E-state index is 12.7. The Morgan fingerprint density at radius 3 is 2.85 bits per heavy atom. The SMILES string of the molecule is Cc1nc(NCc2cccnc2)cc(C(=O)N(C)C2CCS(=O)(=O)C2)n1. The molecular formula is C17H21N5O3S. The topological polar surface area (TPSA) is 105 Å². The molecule has 1 aliphatic rings. The van der Waals surface area contributed by atoms with Gasteiger partial charge in [-0.2, -0.15) is 0 Å². The molecule has 0 bridgehead atoms. The van der Waals surface area contributed by atoms with Crippen LogP contribution in [0.3, 0.4) is 0 Å². The van der Waals surface area contributed by atoms with Gasteiger partial charge in [-0.15, -0.1) is 0 Å². The van der Waals surface area contributed by atoms with E-state index >= 15 is 0 Å². The lowest BCUT2D eigenvalue weighted by atomic mass is 10.2. The number of nitrogens with one attached hydrogen (secondary N) is 1. The summed E-state index contributed by atoms with van der Waals surface area (Å²) in [5, 5.41) is 3.16. The Kier molecular flexibility index (Phi) is 5.17. The van der Waals surface area contributed by atoms with Gasteiger partial charge in [0.05, 0.1) is 11.5 Å². The molecule has 1 N–H and O–H groups in total. The first-order chi connectivity index (χ1) is 12.3. The number of amides is 1. The van der Waals surface area contributed by atoms with Crippen molar-refractivity contribution >= 4 is 21.6 Å². The highest BCUT2D eigenvalue weighted by Gasteiger charge is 2.33. The summed E-state index contributed by atoms with van der Waals surface area (Å²) in [6, 6.07) is 5.07. The normalized spacial score (nSPS) is 18.5. The summed E-state index contributed by atoms with van der Waals surface area (Å²) in [5.41, 5.74) is 1.24. The summed E-state index contributed by atoms with van der Waals surface area (Å²) < 4.78 is 23.3. The van der Waals surface area contributed by atoms with E-state index in [0.29, 0.717) is 24.6 Å². The molecule has 9 heteroatoms. The van der Waals surface area contributed by atoms with E-state index in [2.05, 4.69) is 20.3 Å². The molecule has 2 aromatic rings. The summed E-state index contributed by atoms with van der Waals surface area (Å²) in [6.45, 7) is 2.24. The third kappa shape index (κ3) is 4.34. The Labute approximate surface area is 152 Å². The van der Waals surface area contributed by atoms with Crippen molar-refractivity contribution in [3.63, 3.8) is 0 Å². The minimum atomic E-state index is -3.06. The van der Waals surface area contributed by atoms with Gasteiger partial charge in [0.2, 0.25) is 0 Å². The standard InChI is InChI=1S/C17H21N5O3S/c1-12-20-15(17(23)22(2)14-5-7-26(24,25)11-14)8-16(21-12)19-10-13-4-3-6-18-9-13/h3-4,6,8-9,14H,5,7,10-11H2,1-2H3,(H,19,20,21). The highest BCUT2D eigenvalue weighted by atomic mass is 32.2. The Morgan fingerprint density at radius 2 is 2.19 bits per heavy atom. The van der Waals surface area contributed by atoms with Gasteiger partial charge in [-0.05, 0) is 25.0 Å². The van der Waals surface area contributed by atoms with E-state index in [-0.39, 0.29) is 29.1 Å². The van der Waals surface area contributed by atoms with Crippen LogP contribution in [0.5, 0.6) is 0 Å². The lowest BCUT2D eigenvalue weighted by Gasteiger charge is -2.23. The zero-order valence-corrected chi connectivity index (χ0v) is 15.5. The molecule has 1 aliphatic heterocycles. The van der Waals surface area contributed by atoms with Crippen LogP contribution in [-0.2, 0) is 16.4 Å². The summed E-state index contributed by atoms with van der Waals surface area (Å²) in [7, 11) is -1.44. The summed E-state index contributed by atoms with van der Waals surface area (Å²) in [4.78, 5) is 26.8. The third-order valence-electron chi connectivity index (χ3n) is 4.33. The van der Waals surface area contributed by atoms with Crippen LogP contribution in [0.25, 0.3) is 0 Å². The summed E-state index contributed by atoms with van der Waals surface area (Å²) >= 11 is 0. The van der Waals surface area contributed by atoms with Gasteiger partial charge in [-0.25, -0.2) is 18.4 Å². The molecule has 0 radical (unpaired) electrons. The predicted octanol–water partition coefficient (Wildman–Crippen LogP) is 1.05. The largest absolute Gasteiger partial charge is 0.366 e. The molecule has 1 saturated heterocycles. The average molecular weight is 375 g/mol. The van der Waals surface area contributed by atoms with Gasteiger partial charge in [0.15, 0.2) is 9.84 Å². The van der Waals surface area contributed by atoms with Gasteiger partial charge in [0.1, 0.15) is 17.3 Å². The van der Waals surface area contributed by atoms with Gasteiger partial charge in [-0.1, -0.05) is 6.07 Å². The molecule has 1 fully saturated rings. The van der Waals surface area contributed by atoms with Crippen molar-refractivity contribution in [3.05, 3.63) is 47.7 Å². The highest BCUT2D eigenvalue weighted by Crippen LogP contribution is 2.19. The van der Waals surface area contributed by atoms with Gasteiger partial charge in [-0.3, -0.25) is 9.78 Å². The van der Waals surface area contributed by atoms with E-state index in [1.165, 1.54) is 4.90 Å². The number of hydrogen-bond donors (Lipinski definition) is 1. The van der Waals surface area contributed by atoms with Gasteiger partial charge in [0, 0.05) is 38.1 Å². The highest BCUT2D eigenvalue weighted by molar-refractivity contribution is 7.91. The van der Waals surface area contributed by atoms with Crippen LogP contribution in [0.1, 0.15) is 28.3 Å². The smallest absolute Gasteiger partial charge is 0.272 e. The Balaban J connectivity index is 1.73. The average Bonchev–Trinajstić information content (AvgIpc) is 2.99. The molecule has 1 unspecified atom stereocenters. The molecule has 2 aromatic heterocycles. The molecule has 0 saturated carbocycles. The minimum absolute atomic E-state index is 0.00538. The summed E-state index contributed by atoms with van der Waals surface area (Å²) in [6.07, 6.45) is 3.91. The quantitative estimate of drug-likeness (QED) is 0.833.